The highest BCUT2D eigenvalue weighted by molar-refractivity contribution is 5.81. The van der Waals surface area contributed by atoms with Crippen molar-refractivity contribution < 1.29 is 34.3 Å². The van der Waals surface area contributed by atoms with Crippen molar-refractivity contribution in [1.29, 1.82) is 0 Å². The highest BCUT2D eigenvalue weighted by atomic mass is 16.6. The van der Waals surface area contributed by atoms with Crippen LogP contribution in [0.25, 0.3) is 11.2 Å². The molecule has 0 radical (unpaired) electrons. The summed E-state index contributed by atoms with van der Waals surface area (Å²) < 4.78 is 24.7. The number of aliphatic hydroxyl groups is 3. The minimum Gasteiger partial charge on any atom is -0.497 e. The van der Waals surface area contributed by atoms with E-state index in [2.05, 4.69) is 15.0 Å². The van der Waals surface area contributed by atoms with Crippen LogP contribution in [0, 0.1) is 0 Å². The molecular weight excluding hydrogens is 506 g/mol. The van der Waals surface area contributed by atoms with Gasteiger partial charge in [-0.25, -0.2) is 15.0 Å². The van der Waals surface area contributed by atoms with E-state index >= 15 is 0 Å². The van der Waals surface area contributed by atoms with Crippen molar-refractivity contribution in [3.05, 3.63) is 66.2 Å². The summed E-state index contributed by atoms with van der Waals surface area (Å²) in [6.45, 7) is -0.518. The first kappa shape index (κ1) is 26.6. The van der Waals surface area contributed by atoms with Gasteiger partial charge < -0.3 is 40.0 Å². The van der Waals surface area contributed by atoms with Gasteiger partial charge in [0, 0.05) is 24.0 Å². The van der Waals surface area contributed by atoms with Crippen molar-refractivity contribution in [2.24, 2.45) is 0 Å². The Hall–Kier alpha value is -3.97. The second kappa shape index (κ2) is 10.7. The molecule has 0 spiro atoms. The molecule has 3 heterocycles. The number of imidazole rings is 1. The molecule has 5 rings (SSSR count). The summed E-state index contributed by atoms with van der Waals surface area (Å²) in [6.07, 6.45) is -1.16. The fourth-order valence-corrected chi connectivity index (χ4v) is 5.30. The van der Waals surface area contributed by atoms with Gasteiger partial charge in [-0.1, -0.05) is 18.2 Å². The predicted octanol–water partition coefficient (Wildman–Crippen LogP) is 1.42. The lowest BCUT2D eigenvalue weighted by molar-refractivity contribution is -0.152. The van der Waals surface area contributed by atoms with Gasteiger partial charge in [0.2, 0.25) is 0 Å². The Bertz CT molecular complexity index is 1440. The van der Waals surface area contributed by atoms with Crippen molar-refractivity contribution >= 4 is 17.0 Å². The van der Waals surface area contributed by atoms with Crippen LogP contribution in [-0.4, -0.2) is 81.1 Å². The quantitative estimate of drug-likeness (QED) is 0.244. The SMILES string of the molecule is COc1cc(OC)cc(C(C[C@@]2(n3cnc4c(N)ncnc43)O[C@H](CO)[C@@H](O)[C@H]2O)c2ccccc2OC)c1. The largest absolute Gasteiger partial charge is 0.497 e. The molecule has 0 saturated carbocycles. The molecule has 0 aliphatic carbocycles. The van der Waals surface area contributed by atoms with Crippen LogP contribution < -0.4 is 19.9 Å². The summed E-state index contributed by atoms with van der Waals surface area (Å²) in [5.41, 5.74) is 6.58. The van der Waals surface area contributed by atoms with Crippen molar-refractivity contribution in [3.8, 4) is 17.2 Å². The average molecular weight is 538 g/mol. The Morgan fingerprint density at radius 2 is 1.74 bits per heavy atom. The number of fused-ring (bicyclic) bond motifs is 1. The number of hydrogen-bond donors (Lipinski definition) is 4. The summed E-state index contributed by atoms with van der Waals surface area (Å²) in [5, 5.41) is 32.5. The third kappa shape index (κ3) is 4.51. The molecule has 39 heavy (non-hydrogen) atoms. The fourth-order valence-electron chi connectivity index (χ4n) is 5.30. The lowest BCUT2D eigenvalue weighted by Gasteiger charge is -2.37. The van der Waals surface area contributed by atoms with E-state index < -0.39 is 36.6 Å². The number of para-hydroxylation sites is 1. The first-order valence-electron chi connectivity index (χ1n) is 12.3. The molecular formula is C27H31N5O7. The van der Waals surface area contributed by atoms with Crippen LogP contribution in [0.1, 0.15) is 23.5 Å². The molecule has 1 saturated heterocycles. The number of nitrogens with zero attached hydrogens (tertiary/aromatic N) is 4. The summed E-state index contributed by atoms with van der Waals surface area (Å²) in [4.78, 5) is 12.7. The van der Waals surface area contributed by atoms with Gasteiger partial charge in [-0.05, 0) is 23.8 Å². The lowest BCUT2D eigenvalue weighted by atomic mass is 9.81. The standard InChI is InChI=1S/C27H31N5O7/c1-36-16-8-15(9-17(10-16)37-2)19(18-6-4-5-7-20(18)38-3)11-27(24(35)23(34)21(12-33)39-27)32-14-31-22-25(28)29-13-30-26(22)32/h4-10,13-14,19,21,23-24,33-35H,11-12H2,1-3H3,(H2,28,29,30)/t19?,21-,23-,24-,27-/m1/s1. The number of nitrogen functional groups attached to an aromatic ring is 1. The first-order valence-corrected chi connectivity index (χ1v) is 12.3. The number of aliphatic hydroxyl groups excluding tert-OH is 3. The molecule has 1 aliphatic heterocycles. The lowest BCUT2D eigenvalue weighted by Crippen LogP contribution is -2.46. The highest BCUT2D eigenvalue weighted by Crippen LogP contribution is 2.48. The van der Waals surface area contributed by atoms with E-state index in [4.69, 9.17) is 24.7 Å². The molecule has 12 nitrogen and oxygen atoms in total. The van der Waals surface area contributed by atoms with Gasteiger partial charge in [0.05, 0.1) is 34.3 Å². The second-order valence-corrected chi connectivity index (χ2v) is 9.31. The molecule has 2 aromatic carbocycles. The molecule has 5 N–H and O–H groups in total. The maximum atomic E-state index is 11.6. The monoisotopic (exact) mass is 537 g/mol. The normalized spacial score (nSPS) is 23.6. The molecule has 5 atom stereocenters. The van der Waals surface area contributed by atoms with E-state index in [0.29, 0.717) is 28.4 Å². The van der Waals surface area contributed by atoms with Crippen LogP contribution in [0.5, 0.6) is 17.2 Å². The van der Waals surface area contributed by atoms with E-state index in [9.17, 15) is 15.3 Å². The fraction of sp³-hybridized carbons (Fsp3) is 0.370. The third-order valence-electron chi connectivity index (χ3n) is 7.26. The van der Waals surface area contributed by atoms with Crippen LogP contribution in [-0.2, 0) is 10.5 Å². The van der Waals surface area contributed by atoms with E-state index in [-0.39, 0.29) is 12.2 Å². The van der Waals surface area contributed by atoms with Crippen LogP contribution in [0.2, 0.25) is 0 Å². The summed E-state index contributed by atoms with van der Waals surface area (Å²) in [5.74, 6) is 1.38. The summed E-state index contributed by atoms with van der Waals surface area (Å²) in [6, 6.07) is 13.0. The Balaban J connectivity index is 1.76. The maximum absolute atomic E-state index is 11.6. The molecule has 4 aromatic rings. The Labute approximate surface area is 224 Å². The topological polar surface area (TPSA) is 167 Å². The minimum absolute atomic E-state index is 0.0633. The highest BCUT2D eigenvalue weighted by Gasteiger charge is 2.57. The molecule has 1 aliphatic rings. The molecule has 1 unspecified atom stereocenters. The second-order valence-electron chi connectivity index (χ2n) is 9.31. The first-order chi connectivity index (χ1) is 18.9. The number of hydrogen-bond acceptors (Lipinski definition) is 11. The van der Waals surface area contributed by atoms with Gasteiger partial charge in [0.15, 0.2) is 17.2 Å². The van der Waals surface area contributed by atoms with Gasteiger partial charge in [0.25, 0.3) is 0 Å². The van der Waals surface area contributed by atoms with Crippen molar-refractivity contribution in [1.82, 2.24) is 19.5 Å². The van der Waals surface area contributed by atoms with Crippen LogP contribution in [0.15, 0.2) is 55.1 Å². The average Bonchev–Trinajstić information content (AvgIpc) is 3.52. The molecule has 206 valence electrons. The van der Waals surface area contributed by atoms with E-state index in [1.165, 1.54) is 12.7 Å². The van der Waals surface area contributed by atoms with E-state index in [0.717, 1.165) is 11.1 Å². The number of ether oxygens (including phenoxy) is 4. The summed E-state index contributed by atoms with van der Waals surface area (Å²) in [7, 11) is 4.70. The molecule has 0 amide bonds. The van der Waals surface area contributed by atoms with Crippen molar-refractivity contribution in [2.75, 3.05) is 33.7 Å². The van der Waals surface area contributed by atoms with Gasteiger partial charge >= 0.3 is 0 Å². The van der Waals surface area contributed by atoms with Crippen LogP contribution >= 0.6 is 0 Å². The van der Waals surface area contributed by atoms with E-state index in [1.54, 1.807) is 32.0 Å². The molecule has 12 heteroatoms. The van der Waals surface area contributed by atoms with Gasteiger partial charge in [0.1, 0.15) is 47.4 Å². The predicted molar refractivity (Wildman–Crippen MR) is 141 cm³/mol. The Morgan fingerprint density at radius 1 is 1.03 bits per heavy atom. The number of methoxy groups -OCH3 is 3. The number of rotatable bonds is 9. The molecule has 2 aromatic heterocycles. The number of aromatic nitrogens is 4. The zero-order valence-electron chi connectivity index (χ0n) is 21.8. The Morgan fingerprint density at radius 3 is 2.38 bits per heavy atom. The molecule has 1 fully saturated rings. The number of anilines is 1. The number of nitrogens with two attached hydrogens (primary N) is 1. The smallest absolute Gasteiger partial charge is 0.177 e. The minimum atomic E-state index is -1.63. The zero-order valence-corrected chi connectivity index (χ0v) is 21.8. The van der Waals surface area contributed by atoms with Gasteiger partial charge in [-0.3, -0.25) is 4.57 Å². The van der Waals surface area contributed by atoms with E-state index in [1.807, 2.05) is 36.4 Å². The third-order valence-corrected chi connectivity index (χ3v) is 7.26. The maximum Gasteiger partial charge on any atom is 0.177 e. The molecule has 0 bridgehead atoms. The number of benzene rings is 2. The van der Waals surface area contributed by atoms with Crippen molar-refractivity contribution in [2.45, 2.75) is 36.4 Å². The van der Waals surface area contributed by atoms with Crippen molar-refractivity contribution in [3.63, 3.8) is 0 Å². The summed E-state index contributed by atoms with van der Waals surface area (Å²) >= 11 is 0. The Kier molecular flexibility index (Phi) is 7.28. The zero-order chi connectivity index (χ0) is 27.7. The van der Waals surface area contributed by atoms with Crippen LogP contribution in [0.3, 0.4) is 0 Å². The van der Waals surface area contributed by atoms with Gasteiger partial charge in [-0.2, -0.15) is 0 Å². The van der Waals surface area contributed by atoms with Crippen LogP contribution in [0.4, 0.5) is 5.82 Å². The van der Waals surface area contributed by atoms with Gasteiger partial charge in [-0.15, -0.1) is 0 Å².